The summed E-state index contributed by atoms with van der Waals surface area (Å²) in [6, 6.07) is 2.37. The van der Waals surface area contributed by atoms with E-state index in [2.05, 4.69) is 15.7 Å². The first-order valence-electron chi connectivity index (χ1n) is 6.24. The minimum atomic E-state index is 0. The molecule has 1 fully saturated rings. The lowest BCUT2D eigenvalue weighted by Crippen LogP contribution is -2.38. The van der Waals surface area contributed by atoms with Crippen molar-refractivity contribution in [1.82, 2.24) is 20.4 Å². The molecule has 1 aliphatic heterocycles. The van der Waals surface area contributed by atoms with Crippen LogP contribution in [-0.4, -0.2) is 34.3 Å². The van der Waals surface area contributed by atoms with Gasteiger partial charge in [-0.2, -0.15) is 5.10 Å². The summed E-state index contributed by atoms with van der Waals surface area (Å²) in [5.41, 5.74) is 0. The number of nitrogens with zero attached hydrogens (tertiary/aromatic N) is 2. The van der Waals surface area contributed by atoms with Gasteiger partial charge >= 0.3 is 0 Å². The van der Waals surface area contributed by atoms with E-state index >= 15 is 0 Å². The highest BCUT2D eigenvalue weighted by molar-refractivity contribution is 5.85. The van der Waals surface area contributed by atoms with Gasteiger partial charge in [0.2, 0.25) is 5.91 Å². The van der Waals surface area contributed by atoms with Gasteiger partial charge in [0.15, 0.2) is 0 Å². The Morgan fingerprint density at radius 2 is 2.37 bits per heavy atom. The van der Waals surface area contributed by atoms with Crippen molar-refractivity contribution in [3.05, 3.63) is 18.5 Å². The fourth-order valence-corrected chi connectivity index (χ4v) is 2.22. The normalized spacial score (nSPS) is 19.1. The summed E-state index contributed by atoms with van der Waals surface area (Å²) in [5.74, 6) is 0.129. The average Bonchev–Trinajstić information content (AvgIpc) is 2.90. The van der Waals surface area contributed by atoms with Crippen LogP contribution in [0.15, 0.2) is 18.5 Å². The molecule has 2 N–H and O–H groups in total. The fraction of sp³-hybridized carbons (Fsp3) is 0.667. The third-order valence-electron chi connectivity index (χ3n) is 3.02. The largest absolute Gasteiger partial charge is 0.352 e. The Morgan fingerprint density at radius 1 is 1.58 bits per heavy atom. The molecule has 0 radical (unpaired) electrons. The Balaban J connectivity index is 0.00000162. The van der Waals surface area contributed by atoms with Gasteiger partial charge < -0.3 is 10.6 Å². The maximum atomic E-state index is 11.8. The van der Waals surface area contributed by atoms with Crippen LogP contribution in [-0.2, 0) is 11.3 Å². The predicted molar refractivity (Wildman–Crippen MR) is 80.0 cm³/mol. The summed E-state index contributed by atoms with van der Waals surface area (Å²) in [6.07, 6.45) is 6.53. The first-order valence-corrected chi connectivity index (χ1v) is 6.24. The Labute approximate surface area is 126 Å². The van der Waals surface area contributed by atoms with E-state index in [1.165, 1.54) is 6.42 Å². The highest BCUT2D eigenvalue weighted by Crippen LogP contribution is 2.08. The third kappa shape index (κ3) is 6.27. The van der Waals surface area contributed by atoms with E-state index in [1.807, 2.05) is 23.9 Å². The van der Waals surface area contributed by atoms with Crippen molar-refractivity contribution < 1.29 is 4.79 Å². The molecule has 0 bridgehead atoms. The quantitative estimate of drug-likeness (QED) is 0.864. The van der Waals surface area contributed by atoms with Gasteiger partial charge in [0, 0.05) is 30.9 Å². The first-order chi connectivity index (χ1) is 8.24. The summed E-state index contributed by atoms with van der Waals surface area (Å²) >= 11 is 0. The van der Waals surface area contributed by atoms with Gasteiger partial charge in [0.05, 0.1) is 6.54 Å². The molecule has 7 heteroatoms. The van der Waals surface area contributed by atoms with Crippen LogP contribution < -0.4 is 10.6 Å². The lowest BCUT2D eigenvalue weighted by molar-refractivity contribution is -0.122. The Hall–Kier alpha value is -0.780. The minimum Gasteiger partial charge on any atom is -0.352 e. The van der Waals surface area contributed by atoms with Crippen molar-refractivity contribution in [2.24, 2.45) is 0 Å². The van der Waals surface area contributed by atoms with Crippen LogP contribution >= 0.6 is 24.8 Å². The molecule has 1 saturated heterocycles. The molecule has 19 heavy (non-hydrogen) atoms. The standard InChI is InChI=1S/C12H20N4O.2ClH/c1-10(9-16-7-3-6-14-16)15-12(17)8-11-4-2-5-13-11;;/h3,6-7,10-11,13H,2,4-5,8-9H2,1H3,(H,15,17);2*1H. The Morgan fingerprint density at radius 3 is 2.95 bits per heavy atom. The highest BCUT2D eigenvalue weighted by atomic mass is 35.5. The molecule has 2 heterocycles. The molecule has 0 aromatic carbocycles. The number of halogens is 2. The lowest BCUT2D eigenvalue weighted by atomic mass is 10.1. The molecular formula is C12H22Cl2N4O. The van der Waals surface area contributed by atoms with Gasteiger partial charge in [-0.1, -0.05) is 0 Å². The molecule has 1 aromatic rings. The molecule has 2 unspecified atom stereocenters. The van der Waals surface area contributed by atoms with Gasteiger partial charge in [-0.25, -0.2) is 0 Å². The van der Waals surface area contributed by atoms with Gasteiger partial charge in [-0.3, -0.25) is 9.48 Å². The number of rotatable bonds is 5. The molecule has 0 saturated carbocycles. The lowest BCUT2D eigenvalue weighted by Gasteiger charge is -2.16. The predicted octanol–water partition coefficient (Wildman–Crippen LogP) is 1.37. The molecule has 1 aliphatic rings. The highest BCUT2D eigenvalue weighted by Gasteiger charge is 2.18. The molecular weight excluding hydrogens is 287 g/mol. The maximum absolute atomic E-state index is 11.8. The zero-order valence-corrected chi connectivity index (χ0v) is 12.7. The van der Waals surface area contributed by atoms with E-state index < -0.39 is 0 Å². The summed E-state index contributed by atoms with van der Waals surface area (Å²) in [7, 11) is 0. The number of carbonyl (C=O) groups excluding carboxylic acids is 1. The number of carbonyl (C=O) groups is 1. The Bertz CT molecular complexity index is 353. The van der Waals surface area contributed by atoms with Gasteiger partial charge in [0.1, 0.15) is 0 Å². The van der Waals surface area contributed by atoms with E-state index in [-0.39, 0.29) is 36.8 Å². The molecule has 5 nitrogen and oxygen atoms in total. The van der Waals surface area contributed by atoms with Crippen molar-refractivity contribution in [2.75, 3.05) is 6.54 Å². The number of nitrogens with one attached hydrogen (secondary N) is 2. The van der Waals surface area contributed by atoms with Crippen molar-refractivity contribution in [3.63, 3.8) is 0 Å². The van der Waals surface area contributed by atoms with Crippen LogP contribution in [0.1, 0.15) is 26.2 Å². The SMILES string of the molecule is CC(Cn1cccn1)NC(=O)CC1CCCN1.Cl.Cl. The summed E-state index contributed by atoms with van der Waals surface area (Å²) in [6.45, 7) is 3.76. The van der Waals surface area contributed by atoms with E-state index in [4.69, 9.17) is 0 Å². The van der Waals surface area contributed by atoms with Gasteiger partial charge in [0.25, 0.3) is 0 Å². The van der Waals surface area contributed by atoms with Crippen molar-refractivity contribution in [2.45, 2.75) is 44.8 Å². The van der Waals surface area contributed by atoms with Crippen molar-refractivity contribution >= 4 is 30.7 Å². The summed E-state index contributed by atoms with van der Waals surface area (Å²) in [5, 5.41) is 10.5. The molecule has 1 aromatic heterocycles. The van der Waals surface area contributed by atoms with Gasteiger partial charge in [-0.05, 0) is 32.4 Å². The monoisotopic (exact) mass is 308 g/mol. The van der Waals surface area contributed by atoms with Crippen LogP contribution in [0.5, 0.6) is 0 Å². The third-order valence-corrected chi connectivity index (χ3v) is 3.02. The van der Waals surface area contributed by atoms with Crippen molar-refractivity contribution in [3.8, 4) is 0 Å². The second-order valence-electron chi connectivity index (χ2n) is 4.69. The second-order valence-corrected chi connectivity index (χ2v) is 4.69. The first kappa shape index (κ1) is 18.2. The molecule has 0 spiro atoms. The summed E-state index contributed by atoms with van der Waals surface area (Å²) < 4.78 is 1.83. The van der Waals surface area contributed by atoms with E-state index in [9.17, 15) is 4.79 Å². The average molecular weight is 309 g/mol. The smallest absolute Gasteiger partial charge is 0.221 e. The van der Waals surface area contributed by atoms with Crippen LogP contribution in [0.2, 0.25) is 0 Å². The number of aromatic nitrogens is 2. The number of hydrogen-bond acceptors (Lipinski definition) is 3. The van der Waals surface area contributed by atoms with Crippen LogP contribution in [0.3, 0.4) is 0 Å². The number of hydrogen-bond donors (Lipinski definition) is 2. The molecule has 1 amide bonds. The molecule has 2 rings (SSSR count). The Kier molecular flexibility index (Phi) is 8.80. The minimum absolute atomic E-state index is 0. The number of amides is 1. The van der Waals surface area contributed by atoms with Crippen molar-refractivity contribution in [1.29, 1.82) is 0 Å². The zero-order valence-electron chi connectivity index (χ0n) is 11.0. The van der Waals surface area contributed by atoms with Crippen LogP contribution in [0, 0.1) is 0 Å². The topological polar surface area (TPSA) is 59.0 Å². The second kappa shape index (κ2) is 9.18. The summed E-state index contributed by atoms with van der Waals surface area (Å²) in [4.78, 5) is 11.8. The van der Waals surface area contributed by atoms with E-state index in [1.54, 1.807) is 6.20 Å². The zero-order chi connectivity index (χ0) is 12.1. The van der Waals surface area contributed by atoms with E-state index in [0.29, 0.717) is 12.5 Å². The molecule has 2 atom stereocenters. The molecule has 0 aliphatic carbocycles. The fourth-order valence-electron chi connectivity index (χ4n) is 2.22. The van der Waals surface area contributed by atoms with E-state index in [0.717, 1.165) is 19.5 Å². The maximum Gasteiger partial charge on any atom is 0.221 e. The van der Waals surface area contributed by atoms with Crippen LogP contribution in [0.4, 0.5) is 0 Å². The molecule has 110 valence electrons. The van der Waals surface area contributed by atoms with Gasteiger partial charge in [-0.15, -0.1) is 24.8 Å². The van der Waals surface area contributed by atoms with Crippen LogP contribution in [0.25, 0.3) is 0 Å².